The van der Waals surface area contributed by atoms with Gasteiger partial charge < -0.3 is 10.4 Å². The number of rotatable bonds is 4. The van der Waals surface area contributed by atoms with Crippen molar-refractivity contribution in [2.45, 2.75) is 19.8 Å². The van der Waals surface area contributed by atoms with Gasteiger partial charge in [0.05, 0.1) is 0 Å². The molecule has 1 amide bonds. The Morgan fingerprint density at radius 2 is 2.27 bits per heavy atom. The third-order valence-electron chi connectivity index (χ3n) is 1.11. The van der Waals surface area contributed by atoms with E-state index >= 15 is 0 Å². The molecule has 0 bridgehead atoms. The van der Waals surface area contributed by atoms with Gasteiger partial charge in [-0.25, -0.2) is 0 Å². The van der Waals surface area contributed by atoms with E-state index in [1.165, 1.54) is 0 Å². The molecule has 0 rings (SSSR count). The molecule has 0 aromatic rings. The van der Waals surface area contributed by atoms with Crippen molar-refractivity contribution in [2.24, 2.45) is 0 Å². The molecule has 0 spiro atoms. The minimum absolute atomic E-state index is 0.176. The number of carbonyl (C=O) groups excluding carboxylic acids is 1. The van der Waals surface area contributed by atoms with Crippen LogP contribution in [0.5, 0.6) is 0 Å². The lowest BCUT2D eigenvalue weighted by Gasteiger charge is -1.97. The predicted octanol–water partition coefficient (Wildman–Crippen LogP) is -0.102. The van der Waals surface area contributed by atoms with E-state index in [1.54, 1.807) is 6.92 Å². The standard InChI is InChI=1S/C8H13NO2/c1-2-5-8(11)9-6-3-4-7-10/h10H,3-4,6-7H2,1H3,(H,9,11). The van der Waals surface area contributed by atoms with Crippen molar-refractivity contribution < 1.29 is 9.90 Å². The molecule has 0 unspecified atom stereocenters. The van der Waals surface area contributed by atoms with Gasteiger partial charge in [-0.05, 0) is 25.7 Å². The van der Waals surface area contributed by atoms with E-state index in [0.717, 1.165) is 12.8 Å². The lowest BCUT2D eigenvalue weighted by atomic mass is 10.3. The summed E-state index contributed by atoms with van der Waals surface area (Å²) in [5, 5.41) is 11.0. The number of hydrogen-bond acceptors (Lipinski definition) is 2. The number of aliphatic hydroxyl groups is 1. The summed E-state index contributed by atoms with van der Waals surface area (Å²) in [7, 11) is 0. The summed E-state index contributed by atoms with van der Waals surface area (Å²) >= 11 is 0. The molecule has 0 saturated heterocycles. The summed E-state index contributed by atoms with van der Waals surface area (Å²) in [6, 6.07) is 0. The zero-order valence-corrected chi connectivity index (χ0v) is 6.68. The molecular weight excluding hydrogens is 142 g/mol. The lowest BCUT2D eigenvalue weighted by Crippen LogP contribution is -2.22. The van der Waals surface area contributed by atoms with Gasteiger partial charge in [-0.3, -0.25) is 4.79 Å². The quantitative estimate of drug-likeness (QED) is 0.440. The fourth-order valence-corrected chi connectivity index (χ4v) is 0.596. The first-order chi connectivity index (χ1) is 5.31. The Bertz CT molecular complexity index is 167. The molecule has 62 valence electrons. The maximum atomic E-state index is 10.7. The van der Waals surface area contributed by atoms with Crippen LogP contribution in [-0.2, 0) is 4.79 Å². The first-order valence-electron chi connectivity index (χ1n) is 3.62. The summed E-state index contributed by atoms with van der Waals surface area (Å²) in [6.07, 6.45) is 1.52. The average Bonchev–Trinajstić information content (AvgIpc) is 1.99. The van der Waals surface area contributed by atoms with Gasteiger partial charge in [0.1, 0.15) is 0 Å². The number of carbonyl (C=O) groups is 1. The van der Waals surface area contributed by atoms with E-state index in [-0.39, 0.29) is 12.5 Å². The highest BCUT2D eigenvalue weighted by molar-refractivity contribution is 5.93. The van der Waals surface area contributed by atoms with Gasteiger partial charge in [-0.2, -0.15) is 0 Å². The van der Waals surface area contributed by atoms with Gasteiger partial charge in [0, 0.05) is 13.2 Å². The average molecular weight is 155 g/mol. The van der Waals surface area contributed by atoms with E-state index in [0.29, 0.717) is 6.54 Å². The number of unbranched alkanes of at least 4 members (excludes halogenated alkanes) is 1. The second-order valence-corrected chi connectivity index (χ2v) is 2.06. The van der Waals surface area contributed by atoms with E-state index in [4.69, 9.17) is 5.11 Å². The zero-order valence-electron chi connectivity index (χ0n) is 6.68. The largest absolute Gasteiger partial charge is 0.396 e. The molecule has 2 N–H and O–H groups in total. The molecule has 3 nitrogen and oxygen atoms in total. The summed E-state index contributed by atoms with van der Waals surface area (Å²) in [5.74, 6) is 4.61. The van der Waals surface area contributed by atoms with E-state index < -0.39 is 0 Å². The fourth-order valence-electron chi connectivity index (χ4n) is 0.596. The Morgan fingerprint density at radius 3 is 2.82 bits per heavy atom. The maximum absolute atomic E-state index is 10.7. The van der Waals surface area contributed by atoms with Gasteiger partial charge >= 0.3 is 0 Å². The van der Waals surface area contributed by atoms with Gasteiger partial charge in [-0.1, -0.05) is 5.92 Å². The molecule has 0 radical (unpaired) electrons. The minimum Gasteiger partial charge on any atom is -0.396 e. The van der Waals surface area contributed by atoms with Crippen molar-refractivity contribution in [3.8, 4) is 11.8 Å². The van der Waals surface area contributed by atoms with Crippen LogP contribution in [0.3, 0.4) is 0 Å². The minimum atomic E-state index is -0.245. The Kier molecular flexibility index (Phi) is 6.45. The highest BCUT2D eigenvalue weighted by atomic mass is 16.2. The Balaban J connectivity index is 3.22. The molecular formula is C8H13NO2. The van der Waals surface area contributed by atoms with Crippen molar-refractivity contribution in [3.05, 3.63) is 0 Å². The SMILES string of the molecule is CC#CC(=O)NCCCCO. The third-order valence-corrected chi connectivity index (χ3v) is 1.11. The zero-order chi connectivity index (χ0) is 8.53. The first-order valence-corrected chi connectivity index (χ1v) is 3.62. The van der Waals surface area contributed by atoms with Crippen molar-refractivity contribution in [2.75, 3.05) is 13.2 Å². The molecule has 3 heteroatoms. The third kappa shape index (κ3) is 6.88. The fraction of sp³-hybridized carbons (Fsp3) is 0.625. The summed E-state index contributed by atoms with van der Waals surface area (Å²) in [5.41, 5.74) is 0. The predicted molar refractivity (Wildman–Crippen MR) is 42.8 cm³/mol. The van der Waals surface area contributed by atoms with Gasteiger partial charge in [0.2, 0.25) is 0 Å². The summed E-state index contributed by atoms with van der Waals surface area (Å²) < 4.78 is 0. The van der Waals surface area contributed by atoms with Crippen LogP contribution >= 0.6 is 0 Å². The van der Waals surface area contributed by atoms with Crippen LogP contribution < -0.4 is 5.32 Å². The number of amides is 1. The van der Waals surface area contributed by atoms with Crippen molar-refractivity contribution >= 4 is 5.91 Å². The molecule has 0 aliphatic rings. The summed E-state index contributed by atoms with van der Waals surface area (Å²) in [4.78, 5) is 10.7. The van der Waals surface area contributed by atoms with Crippen molar-refractivity contribution in [1.29, 1.82) is 0 Å². The van der Waals surface area contributed by atoms with Crippen LogP contribution in [0.15, 0.2) is 0 Å². The van der Waals surface area contributed by atoms with Gasteiger partial charge in [0.25, 0.3) is 5.91 Å². The van der Waals surface area contributed by atoms with Crippen LogP contribution in [-0.4, -0.2) is 24.2 Å². The van der Waals surface area contributed by atoms with Crippen LogP contribution in [0, 0.1) is 11.8 Å². The molecule has 0 aromatic carbocycles. The second-order valence-electron chi connectivity index (χ2n) is 2.06. The Labute approximate surface area is 66.8 Å². The number of aliphatic hydroxyl groups excluding tert-OH is 1. The van der Waals surface area contributed by atoms with E-state index in [1.807, 2.05) is 0 Å². The highest BCUT2D eigenvalue weighted by Gasteiger charge is 1.91. The molecule has 0 aliphatic heterocycles. The molecule has 0 aromatic heterocycles. The first kappa shape index (κ1) is 9.99. The van der Waals surface area contributed by atoms with Crippen LogP contribution in [0.25, 0.3) is 0 Å². The van der Waals surface area contributed by atoms with Crippen molar-refractivity contribution in [1.82, 2.24) is 5.32 Å². The number of hydrogen-bond donors (Lipinski definition) is 2. The molecule has 11 heavy (non-hydrogen) atoms. The highest BCUT2D eigenvalue weighted by Crippen LogP contribution is 1.82. The van der Waals surface area contributed by atoms with Gasteiger partial charge in [-0.15, -0.1) is 0 Å². The molecule has 0 fully saturated rings. The van der Waals surface area contributed by atoms with Crippen LogP contribution in [0.1, 0.15) is 19.8 Å². The molecule has 0 saturated carbocycles. The normalized spacial score (nSPS) is 8.18. The molecule has 0 atom stereocenters. The topological polar surface area (TPSA) is 49.3 Å². The monoisotopic (exact) mass is 155 g/mol. The van der Waals surface area contributed by atoms with Gasteiger partial charge in [0.15, 0.2) is 0 Å². The Morgan fingerprint density at radius 1 is 1.55 bits per heavy atom. The van der Waals surface area contributed by atoms with Crippen LogP contribution in [0.2, 0.25) is 0 Å². The van der Waals surface area contributed by atoms with Crippen LogP contribution in [0.4, 0.5) is 0 Å². The Hall–Kier alpha value is -1.01. The maximum Gasteiger partial charge on any atom is 0.295 e. The molecule has 0 heterocycles. The smallest absolute Gasteiger partial charge is 0.295 e. The number of nitrogens with one attached hydrogen (secondary N) is 1. The summed E-state index contributed by atoms with van der Waals surface area (Å²) in [6.45, 7) is 2.39. The van der Waals surface area contributed by atoms with Crippen molar-refractivity contribution in [3.63, 3.8) is 0 Å². The second kappa shape index (κ2) is 7.10. The molecule has 0 aliphatic carbocycles. The lowest BCUT2D eigenvalue weighted by molar-refractivity contribution is -0.115. The van der Waals surface area contributed by atoms with E-state index in [9.17, 15) is 4.79 Å². The van der Waals surface area contributed by atoms with E-state index in [2.05, 4.69) is 17.2 Å².